The fraction of sp³-hybridized carbons (Fsp3) is 0.417. The summed E-state index contributed by atoms with van der Waals surface area (Å²) in [5.74, 6) is 0. The monoisotopic (exact) mass is 310 g/mol. The second-order valence-electron chi connectivity index (χ2n) is 4.04. The Labute approximate surface area is 118 Å². The molecule has 1 atom stereocenters. The third kappa shape index (κ3) is 6.12. The molecule has 0 aliphatic rings. The molecular formula is C12H14ClF3N2O2. The quantitative estimate of drug-likeness (QED) is 0.783. The lowest BCUT2D eigenvalue weighted by Gasteiger charge is -2.14. The molecule has 1 unspecified atom stereocenters. The molecule has 20 heavy (non-hydrogen) atoms. The Morgan fingerprint density at radius 1 is 1.30 bits per heavy atom. The van der Waals surface area contributed by atoms with Gasteiger partial charge in [-0.25, -0.2) is 4.79 Å². The number of carbonyl (C=O) groups is 1. The van der Waals surface area contributed by atoms with E-state index < -0.39 is 31.3 Å². The van der Waals surface area contributed by atoms with E-state index in [1.54, 1.807) is 24.3 Å². The van der Waals surface area contributed by atoms with Gasteiger partial charge in [0.1, 0.15) is 0 Å². The second kappa shape index (κ2) is 7.35. The van der Waals surface area contributed by atoms with Gasteiger partial charge >= 0.3 is 12.2 Å². The molecular weight excluding hydrogens is 297 g/mol. The predicted octanol–water partition coefficient (Wildman–Crippen LogP) is 2.63. The highest BCUT2D eigenvalue weighted by Crippen LogP contribution is 2.21. The first-order valence-electron chi connectivity index (χ1n) is 5.80. The van der Waals surface area contributed by atoms with Crippen molar-refractivity contribution in [2.45, 2.75) is 18.7 Å². The number of halogens is 4. The first kappa shape index (κ1) is 16.6. The largest absolute Gasteiger partial charge is 0.390 e. The molecule has 0 bridgehead atoms. The van der Waals surface area contributed by atoms with Crippen molar-refractivity contribution in [2.75, 3.05) is 13.1 Å². The molecule has 0 saturated carbocycles. The molecule has 1 aromatic rings. The lowest BCUT2D eigenvalue weighted by molar-refractivity contribution is -0.132. The van der Waals surface area contributed by atoms with Crippen molar-refractivity contribution in [3.63, 3.8) is 0 Å². The van der Waals surface area contributed by atoms with Crippen LogP contribution in [0.2, 0.25) is 5.02 Å². The normalized spacial score (nSPS) is 12.8. The van der Waals surface area contributed by atoms with Crippen LogP contribution < -0.4 is 10.6 Å². The van der Waals surface area contributed by atoms with Crippen molar-refractivity contribution in [3.05, 3.63) is 34.9 Å². The summed E-state index contributed by atoms with van der Waals surface area (Å²) in [7, 11) is 0. The van der Waals surface area contributed by atoms with Crippen molar-refractivity contribution in [1.82, 2.24) is 10.6 Å². The zero-order valence-corrected chi connectivity index (χ0v) is 11.1. The molecule has 112 valence electrons. The smallest absolute Gasteiger partial charge is 0.387 e. The number of alkyl halides is 3. The zero-order valence-electron chi connectivity index (χ0n) is 10.4. The molecule has 0 aliphatic heterocycles. The Bertz CT molecular complexity index is 455. The van der Waals surface area contributed by atoms with E-state index in [0.717, 1.165) is 0 Å². The molecule has 8 heteroatoms. The maximum absolute atomic E-state index is 11.9. The van der Waals surface area contributed by atoms with E-state index >= 15 is 0 Å². The van der Waals surface area contributed by atoms with Crippen LogP contribution in [0.3, 0.4) is 0 Å². The summed E-state index contributed by atoms with van der Waals surface area (Å²) >= 11 is 5.85. The molecule has 0 saturated heterocycles. The number of carbonyl (C=O) groups excluding carboxylic acids is 1. The van der Waals surface area contributed by atoms with Gasteiger partial charge in [-0.2, -0.15) is 13.2 Å². The highest BCUT2D eigenvalue weighted by molar-refractivity contribution is 6.31. The molecule has 2 amide bonds. The number of aliphatic hydroxyl groups is 1. The van der Waals surface area contributed by atoms with Gasteiger partial charge < -0.3 is 15.7 Å². The Balaban J connectivity index is 2.32. The van der Waals surface area contributed by atoms with Crippen molar-refractivity contribution < 1.29 is 23.1 Å². The Morgan fingerprint density at radius 2 is 1.95 bits per heavy atom. The second-order valence-corrected chi connectivity index (χ2v) is 4.45. The van der Waals surface area contributed by atoms with E-state index in [2.05, 4.69) is 5.32 Å². The fourth-order valence-corrected chi connectivity index (χ4v) is 1.69. The fourth-order valence-electron chi connectivity index (χ4n) is 1.42. The molecule has 0 heterocycles. The van der Waals surface area contributed by atoms with Gasteiger partial charge in [-0.1, -0.05) is 29.8 Å². The van der Waals surface area contributed by atoms with Crippen LogP contribution >= 0.6 is 11.6 Å². The summed E-state index contributed by atoms with van der Waals surface area (Å²) in [4.78, 5) is 11.2. The molecule has 3 N–H and O–H groups in total. The number of amides is 2. The van der Waals surface area contributed by atoms with Gasteiger partial charge in [0.15, 0.2) is 0 Å². The van der Waals surface area contributed by atoms with Crippen LogP contribution in [0.1, 0.15) is 18.1 Å². The number of hydrogen-bond acceptors (Lipinski definition) is 2. The molecule has 1 aromatic carbocycles. The lowest BCUT2D eigenvalue weighted by atomic mass is 10.1. The van der Waals surface area contributed by atoms with Gasteiger partial charge in [0.25, 0.3) is 0 Å². The van der Waals surface area contributed by atoms with Gasteiger partial charge in [0.05, 0.1) is 12.5 Å². The van der Waals surface area contributed by atoms with Gasteiger partial charge in [0.2, 0.25) is 0 Å². The molecule has 0 radical (unpaired) electrons. The summed E-state index contributed by atoms with van der Waals surface area (Å²) in [5, 5.41) is 14.5. The molecule has 0 fully saturated rings. The van der Waals surface area contributed by atoms with Gasteiger partial charge in [-0.15, -0.1) is 0 Å². The van der Waals surface area contributed by atoms with E-state index in [-0.39, 0.29) is 6.54 Å². The van der Waals surface area contributed by atoms with Crippen molar-refractivity contribution in [1.29, 1.82) is 0 Å². The minimum Gasteiger partial charge on any atom is -0.387 e. The number of aliphatic hydroxyl groups excluding tert-OH is 1. The van der Waals surface area contributed by atoms with Crippen molar-refractivity contribution >= 4 is 17.6 Å². The van der Waals surface area contributed by atoms with Crippen LogP contribution in [0, 0.1) is 0 Å². The van der Waals surface area contributed by atoms with Crippen LogP contribution in [-0.4, -0.2) is 30.4 Å². The summed E-state index contributed by atoms with van der Waals surface area (Å²) in [6, 6.07) is 5.77. The Hall–Kier alpha value is -1.47. The van der Waals surface area contributed by atoms with Gasteiger partial charge in [-0.05, 0) is 6.07 Å². The van der Waals surface area contributed by atoms with Crippen molar-refractivity contribution in [3.8, 4) is 0 Å². The van der Waals surface area contributed by atoms with Crippen molar-refractivity contribution in [2.24, 2.45) is 0 Å². The van der Waals surface area contributed by atoms with E-state index in [0.29, 0.717) is 10.6 Å². The van der Waals surface area contributed by atoms with Crippen LogP contribution in [-0.2, 0) is 0 Å². The number of urea groups is 1. The third-order valence-corrected chi connectivity index (χ3v) is 2.76. The van der Waals surface area contributed by atoms with Gasteiger partial charge in [0, 0.05) is 23.7 Å². The minimum absolute atomic E-state index is 0.151. The minimum atomic E-state index is -4.32. The highest BCUT2D eigenvalue weighted by atomic mass is 35.5. The standard InChI is InChI=1S/C12H14ClF3N2O2/c13-9-4-2-1-3-8(9)10(19)7-18-11(20)17-6-5-12(14,15)16/h1-4,10,19H,5-7H2,(H2,17,18,20). The number of rotatable bonds is 5. The summed E-state index contributed by atoms with van der Waals surface area (Å²) < 4.78 is 35.6. The van der Waals surface area contributed by atoms with Crippen LogP contribution in [0.15, 0.2) is 24.3 Å². The maximum Gasteiger partial charge on any atom is 0.390 e. The Morgan fingerprint density at radius 3 is 2.55 bits per heavy atom. The maximum atomic E-state index is 11.9. The summed E-state index contributed by atoms with van der Waals surface area (Å²) in [5.41, 5.74) is 0.435. The highest BCUT2D eigenvalue weighted by Gasteiger charge is 2.26. The first-order chi connectivity index (χ1) is 9.29. The molecule has 0 aromatic heterocycles. The van der Waals surface area contributed by atoms with E-state index in [1.165, 1.54) is 0 Å². The topological polar surface area (TPSA) is 61.4 Å². The summed E-state index contributed by atoms with van der Waals surface area (Å²) in [6.45, 7) is -0.668. The van der Waals surface area contributed by atoms with E-state index in [9.17, 15) is 23.1 Å². The number of hydrogen-bond donors (Lipinski definition) is 3. The van der Waals surface area contributed by atoms with Crippen LogP contribution in [0.4, 0.5) is 18.0 Å². The first-order valence-corrected chi connectivity index (χ1v) is 6.18. The zero-order chi connectivity index (χ0) is 15.2. The average molecular weight is 311 g/mol. The van der Waals surface area contributed by atoms with E-state index in [4.69, 9.17) is 11.6 Å². The Kier molecular flexibility index (Phi) is 6.09. The van der Waals surface area contributed by atoms with Gasteiger partial charge in [-0.3, -0.25) is 0 Å². The van der Waals surface area contributed by atoms with Crippen LogP contribution in [0.25, 0.3) is 0 Å². The SMILES string of the molecule is O=C(NCCC(F)(F)F)NCC(O)c1ccccc1Cl. The molecule has 4 nitrogen and oxygen atoms in total. The molecule has 1 rings (SSSR count). The number of nitrogens with one attached hydrogen (secondary N) is 2. The van der Waals surface area contributed by atoms with E-state index in [1.807, 2.05) is 5.32 Å². The lowest BCUT2D eigenvalue weighted by Crippen LogP contribution is -2.39. The van der Waals surface area contributed by atoms with Crippen LogP contribution in [0.5, 0.6) is 0 Å². The summed E-state index contributed by atoms with van der Waals surface area (Å²) in [6.07, 6.45) is -6.45. The molecule has 0 spiro atoms. The predicted molar refractivity (Wildman–Crippen MR) is 68.5 cm³/mol. The molecule has 0 aliphatic carbocycles. The third-order valence-electron chi connectivity index (χ3n) is 2.41. The average Bonchev–Trinajstić information content (AvgIpc) is 2.35. The number of benzene rings is 1.